The number of nitrogens with one attached hydrogen (secondary N) is 1. The van der Waals surface area contributed by atoms with Crippen LogP contribution in [0.5, 0.6) is 5.75 Å². The van der Waals surface area contributed by atoms with Gasteiger partial charge >= 0.3 is 0 Å². The number of hydrogen-bond acceptors (Lipinski definition) is 4. The van der Waals surface area contributed by atoms with Crippen LogP contribution in [0.3, 0.4) is 0 Å². The lowest BCUT2D eigenvalue weighted by Crippen LogP contribution is -2.11. The van der Waals surface area contributed by atoms with Gasteiger partial charge in [-0.05, 0) is 37.3 Å². The van der Waals surface area contributed by atoms with Gasteiger partial charge in [-0.3, -0.25) is 4.79 Å². The van der Waals surface area contributed by atoms with E-state index in [1.807, 2.05) is 36.6 Å². The van der Waals surface area contributed by atoms with Crippen molar-refractivity contribution in [3.8, 4) is 17.0 Å². The van der Waals surface area contributed by atoms with Crippen LogP contribution in [0, 0.1) is 6.92 Å². The second kappa shape index (κ2) is 6.62. The average Bonchev–Trinajstić information content (AvgIpc) is 3.02. The maximum absolute atomic E-state index is 12.3. The van der Waals surface area contributed by atoms with Gasteiger partial charge in [0.15, 0.2) is 0 Å². The Morgan fingerprint density at radius 2 is 1.96 bits per heavy atom. The number of aryl methyl sites for hydroxylation is 1. The molecule has 0 fully saturated rings. The molecule has 3 aromatic rings. The summed E-state index contributed by atoms with van der Waals surface area (Å²) in [6.45, 7) is 1.98. The van der Waals surface area contributed by atoms with Crippen LogP contribution in [0.25, 0.3) is 11.3 Å². The summed E-state index contributed by atoms with van der Waals surface area (Å²) in [5, 5.41) is 5.95. The van der Waals surface area contributed by atoms with Gasteiger partial charge in [0, 0.05) is 22.2 Å². The predicted octanol–water partition coefficient (Wildman–Crippen LogP) is 4.38. The first-order valence-corrected chi connectivity index (χ1v) is 8.01. The van der Waals surface area contributed by atoms with Gasteiger partial charge in [-0.15, -0.1) is 11.3 Å². The third-order valence-corrected chi connectivity index (χ3v) is 4.16. The molecule has 0 aliphatic carbocycles. The Balaban J connectivity index is 1.73. The second-order valence-electron chi connectivity index (χ2n) is 5.02. The number of rotatable bonds is 4. The Morgan fingerprint density at radius 1 is 1.17 bits per heavy atom. The summed E-state index contributed by atoms with van der Waals surface area (Å²) >= 11 is 1.62. The fraction of sp³-hybridized carbons (Fsp3) is 0.111. The highest BCUT2D eigenvalue weighted by molar-refractivity contribution is 7.09. The second-order valence-corrected chi connectivity index (χ2v) is 6.08. The van der Waals surface area contributed by atoms with Gasteiger partial charge in [-0.2, -0.15) is 0 Å². The van der Waals surface area contributed by atoms with Gasteiger partial charge in [-0.25, -0.2) is 4.98 Å². The van der Waals surface area contributed by atoms with E-state index in [0.29, 0.717) is 11.3 Å². The molecule has 0 spiro atoms. The van der Waals surface area contributed by atoms with Crippen molar-refractivity contribution in [3.05, 3.63) is 64.5 Å². The third kappa shape index (κ3) is 3.57. The lowest BCUT2D eigenvalue weighted by molar-refractivity contribution is 0.102. The van der Waals surface area contributed by atoms with Crippen LogP contribution < -0.4 is 10.1 Å². The number of anilines is 1. The molecule has 0 aliphatic rings. The topological polar surface area (TPSA) is 51.2 Å². The van der Waals surface area contributed by atoms with Gasteiger partial charge in [0.25, 0.3) is 5.91 Å². The van der Waals surface area contributed by atoms with Gasteiger partial charge in [-0.1, -0.05) is 18.2 Å². The molecule has 1 heterocycles. The number of amides is 1. The predicted molar refractivity (Wildman–Crippen MR) is 93.2 cm³/mol. The summed E-state index contributed by atoms with van der Waals surface area (Å²) in [4.78, 5) is 16.7. The van der Waals surface area contributed by atoms with Crippen molar-refractivity contribution in [2.45, 2.75) is 6.92 Å². The van der Waals surface area contributed by atoms with Crippen molar-refractivity contribution in [3.63, 3.8) is 0 Å². The van der Waals surface area contributed by atoms with Gasteiger partial charge in [0.05, 0.1) is 17.8 Å². The van der Waals surface area contributed by atoms with Crippen LogP contribution in [0.1, 0.15) is 15.4 Å². The summed E-state index contributed by atoms with van der Waals surface area (Å²) in [5.41, 5.74) is 3.30. The first-order chi connectivity index (χ1) is 11.2. The lowest BCUT2D eigenvalue weighted by atomic mass is 10.1. The Labute approximate surface area is 138 Å². The van der Waals surface area contributed by atoms with Crippen molar-refractivity contribution in [2.24, 2.45) is 0 Å². The molecule has 0 saturated heterocycles. The average molecular weight is 324 g/mol. The molecule has 2 aromatic carbocycles. The summed E-state index contributed by atoms with van der Waals surface area (Å²) in [5.74, 6) is 0.494. The standard InChI is InChI=1S/C18H16N2O2S/c1-12-19-17(11-23-12)13-6-8-15(9-7-13)20-18(21)14-4-3-5-16(10-14)22-2/h3-11H,1-2H3,(H,20,21). The third-order valence-electron chi connectivity index (χ3n) is 3.39. The summed E-state index contributed by atoms with van der Waals surface area (Å²) in [7, 11) is 1.58. The van der Waals surface area contributed by atoms with Crippen molar-refractivity contribution < 1.29 is 9.53 Å². The van der Waals surface area contributed by atoms with Crippen LogP contribution in [0.4, 0.5) is 5.69 Å². The number of methoxy groups -OCH3 is 1. The zero-order chi connectivity index (χ0) is 16.2. The largest absolute Gasteiger partial charge is 0.497 e. The number of thiazole rings is 1. The molecule has 0 aliphatic heterocycles. The molecule has 0 bridgehead atoms. The Hall–Kier alpha value is -2.66. The van der Waals surface area contributed by atoms with Crippen molar-refractivity contribution >= 4 is 22.9 Å². The van der Waals surface area contributed by atoms with E-state index in [2.05, 4.69) is 10.3 Å². The van der Waals surface area contributed by atoms with E-state index in [0.717, 1.165) is 22.0 Å². The van der Waals surface area contributed by atoms with Crippen LogP contribution in [-0.4, -0.2) is 18.0 Å². The van der Waals surface area contributed by atoms with Gasteiger partial charge in [0.2, 0.25) is 0 Å². The molecule has 0 radical (unpaired) electrons. The Morgan fingerprint density at radius 3 is 2.61 bits per heavy atom. The first kappa shape index (κ1) is 15.2. The molecule has 0 saturated carbocycles. The maximum atomic E-state index is 12.3. The molecule has 23 heavy (non-hydrogen) atoms. The molecule has 1 N–H and O–H groups in total. The number of hydrogen-bond donors (Lipinski definition) is 1. The minimum Gasteiger partial charge on any atom is -0.497 e. The number of carbonyl (C=O) groups is 1. The van der Waals surface area contributed by atoms with E-state index in [1.54, 1.807) is 42.7 Å². The smallest absolute Gasteiger partial charge is 0.255 e. The van der Waals surface area contributed by atoms with Crippen molar-refractivity contribution in [2.75, 3.05) is 12.4 Å². The summed E-state index contributed by atoms with van der Waals surface area (Å²) in [6, 6.07) is 14.7. The summed E-state index contributed by atoms with van der Waals surface area (Å²) in [6.07, 6.45) is 0. The Kier molecular flexibility index (Phi) is 4.39. The fourth-order valence-electron chi connectivity index (χ4n) is 2.19. The SMILES string of the molecule is COc1cccc(C(=O)Nc2ccc(-c3csc(C)n3)cc2)c1. The van der Waals surface area contributed by atoms with E-state index < -0.39 is 0 Å². The Bertz CT molecular complexity index is 825. The zero-order valence-corrected chi connectivity index (χ0v) is 13.7. The van der Waals surface area contributed by atoms with Gasteiger partial charge < -0.3 is 10.1 Å². The number of carbonyl (C=O) groups excluding carboxylic acids is 1. The quantitative estimate of drug-likeness (QED) is 0.775. The lowest BCUT2D eigenvalue weighted by Gasteiger charge is -2.07. The molecule has 1 aromatic heterocycles. The molecule has 1 amide bonds. The van der Waals surface area contributed by atoms with E-state index in [9.17, 15) is 4.79 Å². The minimum absolute atomic E-state index is 0.166. The molecular weight excluding hydrogens is 308 g/mol. The monoisotopic (exact) mass is 324 g/mol. The highest BCUT2D eigenvalue weighted by Crippen LogP contribution is 2.23. The van der Waals surface area contributed by atoms with E-state index in [1.165, 1.54) is 0 Å². The molecule has 0 unspecified atom stereocenters. The highest BCUT2D eigenvalue weighted by Gasteiger charge is 2.08. The van der Waals surface area contributed by atoms with Crippen molar-refractivity contribution in [1.29, 1.82) is 0 Å². The highest BCUT2D eigenvalue weighted by atomic mass is 32.1. The van der Waals surface area contributed by atoms with E-state index >= 15 is 0 Å². The molecular formula is C18H16N2O2S. The number of benzene rings is 2. The zero-order valence-electron chi connectivity index (χ0n) is 12.9. The molecule has 3 rings (SSSR count). The molecule has 5 heteroatoms. The van der Waals surface area contributed by atoms with Crippen LogP contribution >= 0.6 is 11.3 Å². The van der Waals surface area contributed by atoms with Crippen LogP contribution in [0.15, 0.2) is 53.9 Å². The first-order valence-electron chi connectivity index (χ1n) is 7.13. The number of nitrogens with zero attached hydrogens (tertiary/aromatic N) is 1. The number of aromatic nitrogens is 1. The maximum Gasteiger partial charge on any atom is 0.255 e. The van der Waals surface area contributed by atoms with E-state index in [-0.39, 0.29) is 5.91 Å². The van der Waals surface area contributed by atoms with Crippen LogP contribution in [-0.2, 0) is 0 Å². The molecule has 0 atom stereocenters. The van der Waals surface area contributed by atoms with E-state index in [4.69, 9.17) is 4.74 Å². The number of ether oxygens (including phenoxy) is 1. The van der Waals surface area contributed by atoms with Crippen molar-refractivity contribution in [1.82, 2.24) is 4.98 Å². The molecule has 116 valence electrons. The molecule has 4 nitrogen and oxygen atoms in total. The van der Waals surface area contributed by atoms with Crippen LogP contribution in [0.2, 0.25) is 0 Å². The fourth-order valence-corrected chi connectivity index (χ4v) is 2.81. The van der Waals surface area contributed by atoms with Gasteiger partial charge in [0.1, 0.15) is 5.75 Å². The summed E-state index contributed by atoms with van der Waals surface area (Å²) < 4.78 is 5.14. The normalized spacial score (nSPS) is 10.3. The minimum atomic E-state index is -0.166.